The van der Waals surface area contributed by atoms with Crippen LogP contribution in [0, 0.1) is 0 Å². The van der Waals surface area contributed by atoms with Crippen molar-refractivity contribution < 1.29 is 19.1 Å². The summed E-state index contributed by atoms with van der Waals surface area (Å²) in [6, 6.07) is 9.50. The van der Waals surface area contributed by atoms with Gasteiger partial charge >= 0.3 is 5.97 Å². The van der Waals surface area contributed by atoms with Crippen molar-refractivity contribution in [3.63, 3.8) is 0 Å². The molecule has 0 aliphatic carbocycles. The highest BCUT2D eigenvalue weighted by Crippen LogP contribution is 2.29. The Bertz CT molecular complexity index is 922. The summed E-state index contributed by atoms with van der Waals surface area (Å²) in [7, 11) is 1.23. The third-order valence-electron chi connectivity index (χ3n) is 4.83. The molecule has 0 bridgehead atoms. The molecule has 0 radical (unpaired) electrons. The molecule has 0 fully saturated rings. The minimum Gasteiger partial charge on any atom is -0.464 e. The van der Waals surface area contributed by atoms with E-state index in [1.807, 2.05) is 30.3 Å². The lowest BCUT2D eigenvalue weighted by Gasteiger charge is -2.43. The lowest BCUT2D eigenvalue weighted by atomic mass is 9.94. The van der Waals surface area contributed by atoms with Crippen LogP contribution in [0.1, 0.15) is 33.5 Å². The average Bonchev–Trinajstić information content (AvgIpc) is 3.13. The summed E-state index contributed by atoms with van der Waals surface area (Å²) in [5, 5.41) is 2.90. The van der Waals surface area contributed by atoms with Gasteiger partial charge in [0, 0.05) is 13.1 Å². The summed E-state index contributed by atoms with van der Waals surface area (Å²) in [5.41, 5.74) is -0.162. The number of methoxy groups -OCH3 is 1. The van der Waals surface area contributed by atoms with E-state index in [4.69, 9.17) is 4.74 Å². The Morgan fingerprint density at radius 1 is 1.36 bits per heavy atom. The van der Waals surface area contributed by atoms with Crippen molar-refractivity contribution >= 4 is 17.8 Å². The van der Waals surface area contributed by atoms with Gasteiger partial charge in [-0.15, -0.1) is 6.58 Å². The van der Waals surface area contributed by atoms with Crippen molar-refractivity contribution in [2.24, 2.45) is 0 Å². The number of rotatable bonds is 6. The van der Waals surface area contributed by atoms with Crippen LogP contribution in [0.15, 0.2) is 49.3 Å². The third kappa shape index (κ3) is 3.28. The van der Waals surface area contributed by atoms with Crippen LogP contribution in [-0.2, 0) is 22.6 Å². The van der Waals surface area contributed by atoms with Crippen LogP contribution in [0.3, 0.4) is 0 Å². The number of hydrogen-bond donors (Lipinski definition) is 1. The van der Waals surface area contributed by atoms with Gasteiger partial charge in [0.05, 0.1) is 20.0 Å². The number of amides is 2. The molecule has 1 atom stereocenters. The number of hydrogen-bond acceptors (Lipinski definition) is 5. The molecule has 2 amide bonds. The molecule has 2 heterocycles. The second-order valence-electron chi connectivity index (χ2n) is 6.71. The number of carbonyl (C=O) groups is 3. The number of nitrogens with zero attached hydrogens (tertiary/aromatic N) is 3. The number of benzene rings is 1. The molecule has 8 nitrogen and oxygen atoms in total. The van der Waals surface area contributed by atoms with E-state index in [0.717, 1.165) is 5.56 Å². The fourth-order valence-electron chi connectivity index (χ4n) is 3.32. The Morgan fingerprint density at radius 3 is 2.71 bits per heavy atom. The van der Waals surface area contributed by atoms with Crippen LogP contribution in [0.25, 0.3) is 0 Å². The number of esters is 1. The number of ether oxygens (including phenoxy) is 1. The van der Waals surface area contributed by atoms with Crippen molar-refractivity contribution in [3.05, 3.63) is 66.3 Å². The van der Waals surface area contributed by atoms with E-state index >= 15 is 0 Å². The van der Waals surface area contributed by atoms with Crippen LogP contribution in [0.4, 0.5) is 0 Å². The molecule has 1 aromatic heterocycles. The maximum atomic E-state index is 13.1. The SMILES string of the molecule is C=CCN1C(=O)c2c(C(=O)OC)ncn2C[C@]1(C)C(=O)NCc1ccccc1. The molecule has 2 aromatic rings. The lowest BCUT2D eigenvalue weighted by molar-refractivity contribution is -0.132. The molecule has 0 saturated carbocycles. The number of nitrogens with one attached hydrogen (secondary N) is 1. The van der Waals surface area contributed by atoms with E-state index in [9.17, 15) is 14.4 Å². The predicted octanol–water partition coefficient (Wildman–Crippen LogP) is 1.39. The summed E-state index contributed by atoms with van der Waals surface area (Å²) in [6.45, 7) is 6.03. The van der Waals surface area contributed by atoms with Gasteiger partial charge in [-0.3, -0.25) is 9.59 Å². The first-order chi connectivity index (χ1) is 13.4. The molecular weight excluding hydrogens is 360 g/mol. The summed E-state index contributed by atoms with van der Waals surface area (Å²) in [4.78, 5) is 43.6. The van der Waals surface area contributed by atoms with E-state index in [0.29, 0.717) is 6.54 Å². The molecule has 1 N–H and O–H groups in total. The largest absolute Gasteiger partial charge is 0.464 e. The van der Waals surface area contributed by atoms with Gasteiger partial charge in [0.25, 0.3) is 5.91 Å². The monoisotopic (exact) mass is 382 g/mol. The predicted molar refractivity (Wildman–Crippen MR) is 101 cm³/mol. The quantitative estimate of drug-likeness (QED) is 0.602. The minimum atomic E-state index is -1.17. The molecule has 8 heteroatoms. The van der Waals surface area contributed by atoms with Crippen molar-refractivity contribution in [1.29, 1.82) is 0 Å². The van der Waals surface area contributed by atoms with Gasteiger partial charge in [-0.2, -0.15) is 0 Å². The molecule has 0 spiro atoms. The van der Waals surface area contributed by atoms with Crippen LogP contribution in [-0.4, -0.2) is 51.4 Å². The average molecular weight is 382 g/mol. The summed E-state index contributed by atoms with van der Waals surface area (Å²) in [6.07, 6.45) is 2.93. The lowest BCUT2D eigenvalue weighted by Crippen LogP contribution is -2.64. The topological polar surface area (TPSA) is 93.5 Å². The van der Waals surface area contributed by atoms with Crippen molar-refractivity contribution in [1.82, 2.24) is 19.8 Å². The molecule has 0 saturated heterocycles. The Balaban J connectivity index is 1.91. The first-order valence-electron chi connectivity index (χ1n) is 8.81. The Kier molecular flexibility index (Phi) is 5.30. The van der Waals surface area contributed by atoms with Crippen molar-refractivity contribution in [3.8, 4) is 0 Å². The molecule has 146 valence electrons. The highest BCUT2D eigenvalue weighted by molar-refractivity contribution is 6.06. The van der Waals surface area contributed by atoms with Gasteiger partial charge in [-0.25, -0.2) is 9.78 Å². The number of aromatic nitrogens is 2. The first kappa shape index (κ1) is 19.3. The number of imidazole rings is 1. The molecule has 1 aromatic carbocycles. The summed E-state index contributed by atoms with van der Waals surface area (Å²) >= 11 is 0. The zero-order chi connectivity index (χ0) is 20.3. The van der Waals surface area contributed by atoms with Crippen LogP contribution in [0.5, 0.6) is 0 Å². The second-order valence-corrected chi connectivity index (χ2v) is 6.71. The fourth-order valence-corrected chi connectivity index (χ4v) is 3.32. The van der Waals surface area contributed by atoms with Crippen LogP contribution < -0.4 is 5.32 Å². The van der Waals surface area contributed by atoms with Gasteiger partial charge in [-0.1, -0.05) is 36.4 Å². The van der Waals surface area contributed by atoms with Gasteiger partial charge < -0.3 is 19.5 Å². The Morgan fingerprint density at radius 2 is 2.07 bits per heavy atom. The highest BCUT2D eigenvalue weighted by atomic mass is 16.5. The molecule has 1 aliphatic heterocycles. The number of carbonyl (C=O) groups excluding carboxylic acids is 3. The Hall–Kier alpha value is -3.42. The van der Waals surface area contributed by atoms with E-state index in [1.54, 1.807) is 13.0 Å². The maximum absolute atomic E-state index is 13.1. The zero-order valence-corrected chi connectivity index (χ0v) is 15.8. The van der Waals surface area contributed by atoms with Crippen molar-refractivity contribution in [2.45, 2.75) is 25.6 Å². The van der Waals surface area contributed by atoms with Gasteiger partial charge in [-0.05, 0) is 12.5 Å². The van der Waals surface area contributed by atoms with E-state index in [1.165, 1.54) is 22.9 Å². The van der Waals surface area contributed by atoms with Gasteiger partial charge in [0.15, 0.2) is 5.69 Å². The fraction of sp³-hybridized carbons (Fsp3) is 0.300. The highest BCUT2D eigenvalue weighted by Gasteiger charge is 2.48. The van der Waals surface area contributed by atoms with Crippen molar-refractivity contribution in [2.75, 3.05) is 13.7 Å². The maximum Gasteiger partial charge on any atom is 0.359 e. The molecule has 28 heavy (non-hydrogen) atoms. The first-order valence-corrected chi connectivity index (χ1v) is 8.81. The molecule has 3 rings (SSSR count). The van der Waals surface area contributed by atoms with Crippen LogP contribution >= 0.6 is 0 Å². The van der Waals surface area contributed by atoms with E-state index < -0.39 is 17.4 Å². The normalized spacial score (nSPS) is 18.4. The van der Waals surface area contributed by atoms with E-state index in [-0.39, 0.29) is 30.4 Å². The standard InChI is InChI=1S/C20H22N4O4/c1-4-10-24-17(25)16-15(18(26)28-3)22-13-23(16)12-20(24,2)19(27)21-11-14-8-6-5-7-9-14/h4-9,13H,1,10-12H2,2-3H3,(H,21,27)/t20-/m1/s1. The molecule has 0 unspecified atom stereocenters. The Labute approximate surface area is 162 Å². The summed E-state index contributed by atoms with van der Waals surface area (Å²) in [5.74, 6) is -1.47. The number of fused-ring (bicyclic) bond motifs is 1. The second kappa shape index (κ2) is 7.67. The molecular formula is C20H22N4O4. The third-order valence-corrected chi connectivity index (χ3v) is 4.83. The smallest absolute Gasteiger partial charge is 0.359 e. The molecule has 1 aliphatic rings. The van der Waals surface area contributed by atoms with E-state index in [2.05, 4.69) is 16.9 Å². The van der Waals surface area contributed by atoms with Gasteiger partial charge in [0.1, 0.15) is 11.2 Å². The van der Waals surface area contributed by atoms with Crippen LogP contribution in [0.2, 0.25) is 0 Å². The summed E-state index contributed by atoms with van der Waals surface area (Å²) < 4.78 is 6.23. The zero-order valence-electron chi connectivity index (χ0n) is 15.8. The van der Waals surface area contributed by atoms with Gasteiger partial charge in [0.2, 0.25) is 5.91 Å². The minimum absolute atomic E-state index is 0.0618.